The van der Waals surface area contributed by atoms with Crippen LogP contribution in [0.5, 0.6) is 0 Å². The van der Waals surface area contributed by atoms with Gasteiger partial charge in [0.05, 0.1) is 0 Å². The maximum atomic E-state index is 11.9. The van der Waals surface area contributed by atoms with Gasteiger partial charge in [0.15, 0.2) is 0 Å². The lowest BCUT2D eigenvalue weighted by molar-refractivity contribution is -0.117. The Balaban J connectivity index is 1.80. The Morgan fingerprint density at radius 3 is 2.64 bits per heavy atom. The fraction of sp³-hybridized carbons (Fsp3) is 0.176. The average molecular weight is 373 g/mol. The van der Waals surface area contributed by atoms with E-state index in [1.807, 2.05) is 42.5 Å². The van der Waals surface area contributed by atoms with E-state index in [-0.39, 0.29) is 17.5 Å². The number of amides is 1. The fourth-order valence-electron chi connectivity index (χ4n) is 1.98. The molecule has 1 N–H and O–H groups in total. The molecular weight excluding hydrogens is 360 g/mol. The molecule has 0 aliphatic heterocycles. The lowest BCUT2D eigenvalue weighted by Gasteiger charge is -2.00. The number of hydrogen-bond acceptors (Lipinski definition) is 3. The molecule has 110 valence electrons. The van der Waals surface area contributed by atoms with Crippen LogP contribution in [-0.2, 0) is 4.79 Å². The minimum absolute atomic E-state index is 0.163. The predicted octanol–water partition coefficient (Wildman–Crippen LogP) is 4.36. The third-order valence-electron chi connectivity index (χ3n) is 3.32. The average Bonchev–Trinajstić information content (AvgIpc) is 3.21. The number of benzene rings is 1. The maximum Gasteiger partial charge on any atom is 0.262 e. The third-order valence-corrected chi connectivity index (χ3v) is 4.93. The van der Waals surface area contributed by atoms with Crippen molar-refractivity contribution in [3.63, 3.8) is 0 Å². The first-order chi connectivity index (χ1) is 10.7. The number of thiophene rings is 1. The van der Waals surface area contributed by atoms with Gasteiger partial charge in [0.1, 0.15) is 11.6 Å². The van der Waals surface area contributed by atoms with Gasteiger partial charge in [-0.25, -0.2) is 0 Å². The highest BCUT2D eigenvalue weighted by atomic mass is 79.9. The molecule has 1 aromatic heterocycles. The van der Waals surface area contributed by atoms with Crippen molar-refractivity contribution in [3.05, 3.63) is 51.3 Å². The Labute approximate surface area is 141 Å². The summed E-state index contributed by atoms with van der Waals surface area (Å²) in [5.74, 6) is -0.274. The van der Waals surface area contributed by atoms with Gasteiger partial charge in [-0.1, -0.05) is 28.1 Å². The van der Waals surface area contributed by atoms with Crippen molar-refractivity contribution in [2.24, 2.45) is 0 Å². The molecule has 0 bridgehead atoms. The second-order valence-corrected chi connectivity index (χ2v) is 7.16. The quantitative estimate of drug-likeness (QED) is 0.639. The minimum Gasteiger partial charge on any atom is -0.349 e. The normalized spacial score (nSPS) is 14.5. The van der Waals surface area contributed by atoms with E-state index in [0.717, 1.165) is 32.6 Å². The second kappa shape index (κ2) is 6.47. The third kappa shape index (κ3) is 3.65. The number of carbonyl (C=O) groups excluding carboxylic acids is 1. The predicted molar refractivity (Wildman–Crippen MR) is 92.2 cm³/mol. The Kier molecular flexibility index (Phi) is 4.41. The molecule has 2 aromatic rings. The summed E-state index contributed by atoms with van der Waals surface area (Å²) < 4.78 is 1.04. The van der Waals surface area contributed by atoms with Gasteiger partial charge >= 0.3 is 0 Å². The van der Waals surface area contributed by atoms with E-state index in [1.165, 1.54) is 0 Å². The van der Waals surface area contributed by atoms with Crippen molar-refractivity contribution in [2.75, 3.05) is 0 Å². The van der Waals surface area contributed by atoms with Gasteiger partial charge in [0, 0.05) is 20.3 Å². The molecule has 0 spiro atoms. The summed E-state index contributed by atoms with van der Waals surface area (Å²) in [4.78, 5) is 14.0. The van der Waals surface area contributed by atoms with Gasteiger partial charge in [-0.2, -0.15) is 5.26 Å². The zero-order valence-corrected chi connectivity index (χ0v) is 14.1. The monoisotopic (exact) mass is 372 g/mol. The number of nitrogens with one attached hydrogen (secondary N) is 1. The number of nitriles is 1. The van der Waals surface area contributed by atoms with Crippen LogP contribution < -0.4 is 5.32 Å². The van der Waals surface area contributed by atoms with Crippen molar-refractivity contribution in [1.29, 1.82) is 5.26 Å². The Bertz CT molecular complexity index is 767. The molecule has 3 nitrogen and oxygen atoms in total. The molecule has 22 heavy (non-hydrogen) atoms. The molecule has 1 aliphatic rings. The molecular formula is C17H13BrN2OS. The smallest absolute Gasteiger partial charge is 0.262 e. The van der Waals surface area contributed by atoms with E-state index >= 15 is 0 Å². The van der Waals surface area contributed by atoms with Gasteiger partial charge in [0.25, 0.3) is 5.91 Å². The summed E-state index contributed by atoms with van der Waals surface area (Å²) in [6.07, 6.45) is 3.68. The van der Waals surface area contributed by atoms with Crippen molar-refractivity contribution >= 4 is 39.2 Å². The summed E-state index contributed by atoms with van der Waals surface area (Å²) >= 11 is 4.98. The molecule has 0 radical (unpaired) electrons. The molecule has 1 aliphatic carbocycles. The summed E-state index contributed by atoms with van der Waals surface area (Å²) in [5.41, 5.74) is 1.28. The molecule has 1 fully saturated rings. The molecule has 0 atom stereocenters. The summed E-state index contributed by atoms with van der Waals surface area (Å²) in [6.45, 7) is 0. The number of rotatable bonds is 4. The van der Waals surface area contributed by atoms with Gasteiger partial charge < -0.3 is 5.32 Å². The van der Waals surface area contributed by atoms with E-state index in [4.69, 9.17) is 5.26 Å². The largest absolute Gasteiger partial charge is 0.349 e. The number of nitrogens with zero attached hydrogens (tertiary/aromatic N) is 1. The van der Waals surface area contributed by atoms with Gasteiger partial charge in [-0.15, -0.1) is 11.3 Å². The zero-order valence-electron chi connectivity index (χ0n) is 11.7. The topological polar surface area (TPSA) is 52.9 Å². The lowest BCUT2D eigenvalue weighted by Crippen LogP contribution is -2.26. The molecule has 0 unspecified atom stereocenters. The highest BCUT2D eigenvalue weighted by Crippen LogP contribution is 2.30. The van der Waals surface area contributed by atoms with Gasteiger partial charge in [-0.3, -0.25) is 4.79 Å². The molecule has 5 heteroatoms. The van der Waals surface area contributed by atoms with E-state index in [0.29, 0.717) is 0 Å². The first kappa shape index (κ1) is 15.0. The highest BCUT2D eigenvalue weighted by molar-refractivity contribution is 9.10. The van der Waals surface area contributed by atoms with Crippen LogP contribution in [0.1, 0.15) is 17.7 Å². The van der Waals surface area contributed by atoms with Crippen molar-refractivity contribution < 1.29 is 4.79 Å². The summed E-state index contributed by atoms with van der Waals surface area (Å²) in [7, 11) is 0. The van der Waals surface area contributed by atoms with Crippen LogP contribution in [0.2, 0.25) is 0 Å². The standard InChI is InChI=1S/C17H13BrN2OS/c18-13-3-1-11(2-4-13)16-8-7-15(22-16)9-12(10-19)17(21)20-14-5-6-14/h1-4,7-9,14H,5-6H2,(H,20,21)/b12-9+. The van der Waals surface area contributed by atoms with Crippen molar-refractivity contribution in [1.82, 2.24) is 5.32 Å². The van der Waals surface area contributed by atoms with Crippen LogP contribution in [0.4, 0.5) is 0 Å². The van der Waals surface area contributed by atoms with E-state index < -0.39 is 0 Å². The van der Waals surface area contributed by atoms with Crippen LogP contribution in [0.15, 0.2) is 46.4 Å². The molecule has 1 heterocycles. The SMILES string of the molecule is N#C/C(=C\c1ccc(-c2ccc(Br)cc2)s1)C(=O)NC1CC1. The van der Waals surface area contributed by atoms with Gasteiger partial charge in [-0.05, 0) is 48.7 Å². The van der Waals surface area contributed by atoms with Crippen LogP contribution >= 0.6 is 27.3 Å². The van der Waals surface area contributed by atoms with E-state index in [9.17, 15) is 4.79 Å². The van der Waals surface area contributed by atoms with Crippen LogP contribution in [-0.4, -0.2) is 11.9 Å². The van der Waals surface area contributed by atoms with Crippen LogP contribution in [0, 0.1) is 11.3 Å². The van der Waals surface area contributed by atoms with E-state index in [1.54, 1.807) is 17.4 Å². The number of halogens is 1. The van der Waals surface area contributed by atoms with Crippen LogP contribution in [0.3, 0.4) is 0 Å². The second-order valence-electron chi connectivity index (χ2n) is 5.13. The Morgan fingerprint density at radius 2 is 2.00 bits per heavy atom. The lowest BCUT2D eigenvalue weighted by atomic mass is 10.2. The van der Waals surface area contributed by atoms with Gasteiger partial charge in [0.2, 0.25) is 0 Å². The minimum atomic E-state index is -0.274. The van der Waals surface area contributed by atoms with Crippen molar-refractivity contribution in [2.45, 2.75) is 18.9 Å². The molecule has 0 saturated heterocycles. The molecule has 3 rings (SSSR count). The first-order valence-corrected chi connectivity index (χ1v) is 8.55. The van der Waals surface area contributed by atoms with Crippen LogP contribution in [0.25, 0.3) is 16.5 Å². The van der Waals surface area contributed by atoms with E-state index in [2.05, 4.69) is 21.2 Å². The Morgan fingerprint density at radius 1 is 1.27 bits per heavy atom. The molecule has 1 saturated carbocycles. The number of carbonyl (C=O) groups is 1. The Hall–Kier alpha value is -1.90. The molecule has 1 aromatic carbocycles. The number of hydrogen-bond donors (Lipinski definition) is 1. The first-order valence-electron chi connectivity index (χ1n) is 6.94. The molecule has 1 amide bonds. The zero-order chi connectivity index (χ0) is 15.5. The van der Waals surface area contributed by atoms with Crippen molar-refractivity contribution in [3.8, 4) is 16.5 Å². The fourth-order valence-corrected chi connectivity index (χ4v) is 3.20. The summed E-state index contributed by atoms with van der Waals surface area (Å²) in [5, 5.41) is 12.0. The highest BCUT2D eigenvalue weighted by Gasteiger charge is 2.24. The maximum absolute atomic E-state index is 11.9. The summed E-state index contributed by atoms with van der Waals surface area (Å²) in [6, 6.07) is 14.2.